The van der Waals surface area contributed by atoms with Crippen LogP contribution in [0.25, 0.3) is 10.9 Å². The van der Waals surface area contributed by atoms with Crippen LogP contribution in [0.5, 0.6) is 5.75 Å². The zero-order chi connectivity index (χ0) is 19.4. The molecule has 1 aliphatic heterocycles. The van der Waals surface area contributed by atoms with Crippen molar-refractivity contribution in [3.05, 3.63) is 65.4 Å². The third kappa shape index (κ3) is 4.13. The quantitative estimate of drug-likeness (QED) is 0.567. The van der Waals surface area contributed by atoms with Crippen molar-refractivity contribution in [1.29, 1.82) is 0 Å². The summed E-state index contributed by atoms with van der Waals surface area (Å²) in [6.45, 7) is 2.91. The number of nitrogens with one attached hydrogen (secondary N) is 1. The van der Waals surface area contributed by atoms with Gasteiger partial charge in [0.2, 0.25) is 0 Å². The number of phenols is 1. The summed E-state index contributed by atoms with van der Waals surface area (Å²) in [5, 5.41) is 19.6. The molecule has 6 heteroatoms. The predicted octanol–water partition coefficient (Wildman–Crippen LogP) is 3.28. The molecule has 3 aromatic rings. The molecule has 2 heterocycles. The van der Waals surface area contributed by atoms with Crippen LogP contribution in [0.1, 0.15) is 30.2 Å². The van der Waals surface area contributed by atoms with E-state index in [0.29, 0.717) is 19.6 Å². The Morgan fingerprint density at radius 2 is 2.00 bits per heavy atom. The van der Waals surface area contributed by atoms with Gasteiger partial charge in [-0.2, -0.15) is 0 Å². The topological polar surface area (TPSA) is 109 Å². The zero-order valence-electron chi connectivity index (χ0n) is 15.2. The summed E-state index contributed by atoms with van der Waals surface area (Å²) in [4.78, 5) is 14.3. The van der Waals surface area contributed by atoms with E-state index in [4.69, 9.17) is 15.6 Å². The standard InChI is InChI=1S/C14H15NO4.C7H9N/c1-14(7-12(17)18)13-9(4-5-19-14)10-6-8(16)2-3-11(10)15-13;8-6-7-4-2-1-3-5-7/h2-3,6,15-16H,4-5,7H2,1H3,(H,17,18);1-5H,6,8H2. The molecule has 2 aromatic carbocycles. The summed E-state index contributed by atoms with van der Waals surface area (Å²) in [5.41, 5.74) is 8.44. The highest BCUT2D eigenvalue weighted by atomic mass is 16.5. The van der Waals surface area contributed by atoms with Crippen molar-refractivity contribution in [2.24, 2.45) is 5.73 Å². The number of benzene rings is 2. The van der Waals surface area contributed by atoms with Gasteiger partial charge in [0.05, 0.1) is 18.7 Å². The molecule has 1 aliphatic rings. The molecule has 1 aromatic heterocycles. The maximum Gasteiger partial charge on any atom is 0.306 e. The van der Waals surface area contributed by atoms with Gasteiger partial charge in [-0.3, -0.25) is 4.79 Å². The second-order valence-corrected chi connectivity index (χ2v) is 6.80. The van der Waals surface area contributed by atoms with E-state index in [1.54, 1.807) is 25.1 Å². The van der Waals surface area contributed by atoms with Crippen LogP contribution in [0, 0.1) is 0 Å². The molecule has 0 fully saturated rings. The number of hydrogen-bond acceptors (Lipinski definition) is 4. The Labute approximate surface area is 157 Å². The van der Waals surface area contributed by atoms with Crippen molar-refractivity contribution in [1.82, 2.24) is 4.98 Å². The Kier molecular flexibility index (Phi) is 5.48. The van der Waals surface area contributed by atoms with Crippen LogP contribution in [-0.2, 0) is 28.1 Å². The summed E-state index contributed by atoms with van der Waals surface area (Å²) < 4.78 is 5.69. The fourth-order valence-corrected chi connectivity index (χ4v) is 3.44. The first-order chi connectivity index (χ1) is 12.9. The van der Waals surface area contributed by atoms with Gasteiger partial charge in [0, 0.05) is 17.4 Å². The number of hydrogen-bond donors (Lipinski definition) is 4. The van der Waals surface area contributed by atoms with Crippen molar-refractivity contribution in [2.75, 3.05) is 6.61 Å². The lowest BCUT2D eigenvalue weighted by atomic mass is 9.90. The third-order valence-electron chi connectivity index (χ3n) is 4.76. The van der Waals surface area contributed by atoms with Crippen LogP contribution in [0.4, 0.5) is 0 Å². The van der Waals surface area contributed by atoms with Gasteiger partial charge in [-0.25, -0.2) is 0 Å². The van der Waals surface area contributed by atoms with E-state index < -0.39 is 11.6 Å². The smallest absolute Gasteiger partial charge is 0.306 e. The third-order valence-corrected chi connectivity index (χ3v) is 4.76. The normalized spacial score (nSPS) is 18.4. The number of carboxylic acids is 1. The Morgan fingerprint density at radius 3 is 2.63 bits per heavy atom. The lowest BCUT2D eigenvalue weighted by molar-refractivity contribution is -0.146. The molecular weight excluding hydrogens is 344 g/mol. The van der Waals surface area contributed by atoms with E-state index in [9.17, 15) is 9.90 Å². The van der Waals surface area contributed by atoms with E-state index in [2.05, 4.69) is 4.98 Å². The highest BCUT2D eigenvalue weighted by Crippen LogP contribution is 2.39. The fraction of sp³-hybridized carbons (Fsp3) is 0.286. The number of aromatic hydroxyl groups is 1. The van der Waals surface area contributed by atoms with Gasteiger partial charge in [0.1, 0.15) is 11.4 Å². The Morgan fingerprint density at radius 1 is 1.26 bits per heavy atom. The van der Waals surface area contributed by atoms with E-state index in [-0.39, 0.29) is 12.2 Å². The molecule has 0 aliphatic carbocycles. The molecule has 1 atom stereocenters. The number of carboxylic acid groups (broad SMARTS) is 1. The number of carbonyl (C=O) groups is 1. The van der Waals surface area contributed by atoms with Gasteiger partial charge >= 0.3 is 5.97 Å². The van der Waals surface area contributed by atoms with Gasteiger partial charge < -0.3 is 25.7 Å². The molecule has 0 amide bonds. The molecule has 142 valence electrons. The van der Waals surface area contributed by atoms with E-state index in [0.717, 1.165) is 22.2 Å². The largest absolute Gasteiger partial charge is 0.508 e. The zero-order valence-corrected chi connectivity index (χ0v) is 15.2. The van der Waals surface area contributed by atoms with Crippen LogP contribution >= 0.6 is 0 Å². The number of rotatable bonds is 3. The average molecular weight is 368 g/mol. The van der Waals surface area contributed by atoms with Gasteiger partial charge in [0.25, 0.3) is 0 Å². The molecule has 5 N–H and O–H groups in total. The molecule has 6 nitrogen and oxygen atoms in total. The van der Waals surface area contributed by atoms with Crippen molar-refractivity contribution >= 4 is 16.9 Å². The number of aliphatic carboxylic acids is 1. The van der Waals surface area contributed by atoms with Crippen LogP contribution < -0.4 is 5.73 Å². The number of aromatic amines is 1. The summed E-state index contributed by atoms with van der Waals surface area (Å²) in [6.07, 6.45) is 0.632. The van der Waals surface area contributed by atoms with Gasteiger partial charge in [-0.05, 0) is 42.7 Å². The molecule has 27 heavy (non-hydrogen) atoms. The van der Waals surface area contributed by atoms with Gasteiger partial charge in [-0.15, -0.1) is 0 Å². The van der Waals surface area contributed by atoms with Crippen LogP contribution in [0.3, 0.4) is 0 Å². The maximum absolute atomic E-state index is 11.0. The maximum atomic E-state index is 11.0. The Hall–Kier alpha value is -2.83. The second-order valence-electron chi connectivity index (χ2n) is 6.80. The van der Waals surface area contributed by atoms with Crippen LogP contribution in [0.15, 0.2) is 48.5 Å². The van der Waals surface area contributed by atoms with Crippen molar-refractivity contribution < 1.29 is 19.7 Å². The minimum atomic E-state index is -0.892. The number of aromatic nitrogens is 1. The first kappa shape index (κ1) is 18.9. The first-order valence-corrected chi connectivity index (χ1v) is 8.87. The molecule has 0 saturated carbocycles. The number of nitrogens with two attached hydrogens (primary N) is 1. The lowest BCUT2D eigenvalue weighted by Gasteiger charge is -2.32. The monoisotopic (exact) mass is 368 g/mol. The summed E-state index contributed by atoms with van der Waals surface area (Å²) in [7, 11) is 0. The average Bonchev–Trinajstić information content (AvgIpc) is 3.02. The summed E-state index contributed by atoms with van der Waals surface area (Å²) >= 11 is 0. The first-order valence-electron chi connectivity index (χ1n) is 8.87. The van der Waals surface area contributed by atoms with E-state index in [1.807, 2.05) is 30.3 Å². The number of H-pyrrole nitrogens is 1. The summed E-state index contributed by atoms with van der Waals surface area (Å²) in [6, 6.07) is 15.1. The summed E-state index contributed by atoms with van der Waals surface area (Å²) in [5.74, 6) is -0.683. The molecule has 1 unspecified atom stereocenters. The highest BCUT2D eigenvalue weighted by molar-refractivity contribution is 5.87. The SMILES string of the molecule is CC1(CC(=O)O)OCCc2c1[nH]c1ccc(O)cc21.NCc1ccccc1. The van der Waals surface area contributed by atoms with Gasteiger partial charge in [-0.1, -0.05) is 30.3 Å². The van der Waals surface area contributed by atoms with E-state index >= 15 is 0 Å². The number of fused-ring (bicyclic) bond motifs is 3. The molecule has 0 bridgehead atoms. The van der Waals surface area contributed by atoms with Gasteiger partial charge in [0.15, 0.2) is 0 Å². The molecule has 0 saturated heterocycles. The van der Waals surface area contributed by atoms with Crippen LogP contribution in [0.2, 0.25) is 0 Å². The molecular formula is C21H24N2O4. The number of phenolic OH excluding ortho intramolecular Hbond substituents is 1. The lowest BCUT2D eigenvalue weighted by Crippen LogP contribution is -2.34. The minimum absolute atomic E-state index is 0.0845. The predicted molar refractivity (Wildman–Crippen MR) is 104 cm³/mol. The minimum Gasteiger partial charge on any atom is -0.508 e. The van der Waals surface area contributed by atoms with Crippen LogP contribution in [-0.4, -0.2) is 27.8 Å². The van der Waals surface area contributed by atoms with E-state index in [1.165, 1.54) is 5.56 Å². The Bertz CT molecular complexity index is 936. The van der Waals surface area contributed by atoms with Crippen molar-refractivity contribution in [3.63, 3.8) is 0 Å². The highest BCUT2D eigenvalue weighted by Gasteiger charge is 2.38. The molecule has 4 rings (SSSR count). The Balaban J connectivity index is 0.000000221. The van der Waals surface area contributed by atoms with Crippen molar-refractivity contribution in [2.45, 2.75) is 31.9 Å². The fourth-order valence-electron chi connectivity index (χ4n) is 3.44. The number of ether oxygens (including phenoxy) is 1. The van der Waals surface area contributed by atoms with Crippen molar-refractivity contribution in [3.8, 4) is 5.75 Å². The second kappa shape index (κ2) is 7.82. The molecule has 0 spiro atoms. The molecule has 0 radical (unpaired) electrons.